The highest BCUT2D eigenvalue weighted by molar-refractivity contribution is 5.66. The molecule has 3 nitrogen and oxygen atoms in total. The molecule has 0 aromatic rings. The van der Waals surface area contributed by atoms with Crippen molar-refractivity contribution in [3.05, 3.63) is 23.8 Å². The van der Waals surface area contributed by atoms with E-state index in [1.54, 1.807) is 0 Å². The van der Waals surface area contributed by atoms with Crippen LogP contribution in [0.15, 0.2) is 23.8 Å². The van der Waals surface area contributed by atoms with Crippen molar-refractivity contribution in [3.8, 4) is 0 Å². The third-order valence-electron chi connectivity index (χ3n) is 5.19. The van der Waals surface area contributed by atoms with Crippen LogP contribution in [0.25, 0.3) is 0 Å². The third-order valence-corrected chi connectivity index (χ3v) is 5.19. The monoisotopic (exact) mass is 336 g/mol. The summed E-state index contributed by atoms with van der Waals surface area (Å²) in [6.45, 7) is 2.50. The lowest BCUT2D eigenvalue weighted by atomic mass is 9.94. The Kier molecular flexibility index (Phi) is 11.5. The Morgan fingerprint density at radius 2 is 2.08 bits per heavy atom. The van der Waals surface area contributed by atoms with Gasteiger partial charge in [0.05, 0.1) is 6.61 Å². The van der Waals surface area contributed by atoms with Gasteiger partial charge in [-0.25, -0.2) is 0 Å². The second-order valence-electron chi connectivity index (χ2n) is 7.19. The van der Waals surface area contributed by atoms with Crippen LogP contribution in [-0.2, 0) is 4.79 Å². The minimum Gasteiger partial charge on any atom is -0.481 e. The molecule has 0 fully saturated rings. The van der Waals surface area contributed by atoms with Gasteiger partial charge < -0.3 is 10.2 Å². The van der Waals surface area contributed by atoms with Crippen LogP contribution in [0.5, 0.6) is 0 Å². The van der Waals surface area contributed by atoms with Crippen molar-refractivity contribution in [2.75, 3.05) is 6.61 Å². The molecule has 0 unspecified atom stereocenters. The average molecular weight is 337 g/mol. The maximum absolute atomic E-state index is 10.4. The molecule has 2 N–H and O–H groups in total. The van der Waals surface area contributed by atoms with Crippen LogP contribution in [0.2, 0.25) is 0 Å². The number of carboxylic acids is 1. The third kappa shape index (κ3) is 9.92. The highest BCUT2D eigenvalue weighted by atomic mass is 16.4. The van der Waals surface area contributed by atoms with Crippen molar-refractivity contribution in [2.45, 2.75) is 84.0 Å². The number of allylic oxidation sites excluding steroid dienone is 3. The number of aliphatic hydroxyl groups excluding tert-OH is 1. The summed E-state index contributed by atoms with van der Waals surface area (Å²) in [5.74, 6) is 0.745. The van der Waals surface area contributed by atoms with E-state index in [1.807, 2.05) is 6.08 Å². The van der Waals surface area contributed by atoms with Crippen molar-refractivity contribution in [2.24, 2.45) is 11.8 Å². The topological polar surface area (TPSA) is 57.5 Å². The molecule has 3 heteroatoms. The molecule has 0 saturated heterocycles. The van der Waals surface area contributed by atoms with Gasteiger partial charge in [-0.1, -0.05) is 63.7 Å². The van der Waals surface area contributed by atoms with Gasteiger partial charge in [0.25, 0.3) is 0 Å². The summed E-state index contributed by atoms with van der Waals surface area (Å²) in [5, 5.41) is 17.7. The van der Waals surface area contributed by atoms with Gasteiger partial charge >= 0.3 is 5.97 Å². The normalized spacial score (nSPS) is 18.9. The second-order valence-corrected chi connectivity index (χ2v) is 7.19. The molecular weight excluding hydrogens is 300 g/mol. The number of unbranched alkanes of at least 4 members (excludes halogenated alkanes) is 3. The van der Waals surface area contributed by atoms with Gasteiger partial charge in [0.1, 0.15) is 0 Å². The van der Waals surface area contributed by atoms with Crippen molar-refractivity contribution in [1.82, 2.24) is 0 Å². The van der Waals surface area contributed by atoms with Crippen LogP contribution < -0.4 is 0 Å². The first-order valence-electron chi connectivity index (χ1n) is 9.82. The zero-order chi connectivity index (χ0) is 17.6. The van der Waals surface area contributed by atoms with Crippen LogP contribution >= 0.6 is 0 Å². The molecule has 2 atom stereocenters. The number of rotatable bonds is 14. The standard InChI is InChI=1S/C21H36O3/c1-2-18(11-8-5-9-13-21(23)24)10-6-3-4-7-12-19-14-15-20(16-19)17-22/h5,8,16,18-19,22H,2-4,6-7,9-15,17H2,1H3,(H,23,24)/b8-5+/t18-,19+/m1/s1. The number of hydrogen-bond acceptors (Lipinski definition) is 2. The summed E-state index contributed by atoms with van der Waals surface area (Å²) < 4.78 is 0. The smallest absolute Gasteiger partial charge is 0.303 e. The first-order chi connectivity index (χ1) is 11.7. The summed E-state index contributed by atoms with van der Waals surface area (Å²) in [4.78, 5) is 10.4. The zero-order valence-electron chi connectivity index (χ0n) is 15.4. The molecule has 0 saturated carbocycles. The number of hydrogen-bond donors (Lipinski definition) is 2. The maximum atomic E-state index is 10.4. The molecule has 0 aliphatic heterocycles. The lowest BCUT2D eigenvalue weighted by molar-refractivity contribution is -0.136. The van der Waals surface area contributed by atoms with Crippen LogP contribution in [0, 0.1) is 11.8 Å². The number of carbonyl (C=O) groups is 1. The summed E-state index contributed by atoms with van der Waals surface area (Å²) in [7, 11) is 0. The molecule has 138 valence electrons. The molecule has 0 heterocycles. The predicted octanol–water partition coefficient (Wildman–Crippen LogP) is 5.49. The fraction of sp³-hybridized carbons (Fsp3) is 0.762. The largest absolute Gasteiger partial charge is 0.481 e. The van der Waals surface area contributed by atoms with Crippen molar-refractivity contribution in [3.63, 3.8) is 0 Å². The molecular formula is C21H36O3. The molecule has 0 aromatic carbocycles. The van der Waals surface area contributed by atoms with Gasteiger partial charge in [-0.05, 0) is 49.5 Å². The molecule has 0 spiro atoms. The Hall–Kier alpha value is -1.09. The van der Waals surface area contributed by atoms with Gasteiger partial charge in [0.15, 0.2) is 0 Å². The second kappa shape index (κ2) is 13.2. The summed E-state index contributed by atoms with van der Waals surface area (Å²) in [6, 6.07) is 0. The van der Waals surface area contributed by atoms with Gasteiger partial charge in [0.2, 0.25) is 0 Å². The number of aliphatic carboxylic acids is 1. The van der Waals surface area contributed by atoms with Gasteiger partial charge in [0, 0.05) is 6.42 Å². The Balaban J connectivity index is 2.00. The van der Waals surface area contributed by atoms with E-state index in [2.05, 4.69) is 19.1 Å². The first-order valence-corrected chi connectivity index (χ1v) is 9.82. The Morgan fingerprint density at radius 3 is 2.75 bits per heavy atom. The van der Waals surface area contributed by atoms with Gasteiger partial charge in [-0.2, -0.15) is 0 Å². The highest BCUT2D eigenvalue weighted by Gasteiger charge is 2.14. The highest BCUT2D eigenvalue weighted by Crippen LogP contribution is 2.28. The van der Waals surface area contributed by atoms with Gasteiger partial charge in [-0.15, -0.1) is 0 Å². The maximum Gasteiger partial charge on any atom is 0.303 e. The van der Waals surface area contributed by atoms with Crippen LogP contribution in [0.1, 0.15) is 84.0 Å². The van der Waals surface area contributed by atoms with Crippen LogP contribution in [0.3, 0.4) is 0 Å². The Labute approximate surface area is 147 Å². The van der Waals surface area contributed by atoms with E-state index in [4.69, 9.17) is 10.2 Å². The predicted molar refractivity (Wildman–Crippen MR) is 100 cm³/mol. The SMILES string of the molecule is CC[C@@H](C/C=C/CCC(=O)O)CCCCCC[C@@H]1C=C(CO)CC1. The van der Waals surface area contributed by atoms with E-state index < -0.39 is 5.97 Å². The van der Waals surface area contributed by atoms with E-state index in [0.29, 0.717) is 12.3 Å². The van der Waals surface area contributed by atoms with E-state index in [-0.39, 0.29) is 13.0 Å². The summed E-state index contributed by atoms with van der Waals surface area (Å²) in [5.41, 5.74) is 1.24. The number of carboxylic acid groups (broad SMARTS) is 1. The van der Waals surface area contributed by atoms with E-state index in [0.717, 1.165) is 18.8 Å². The van der Waals surface area contributed by atoms with Crippen LogP contribution in [0.4, 0.5) is 0 Å². The molecule has 24 heavy (non-hydrogen) atoms. The lowest BCUT2D eigenvalue weighted by Gasteiger charge is -2.12. The quantitative estimate of drug-likeness (QED) is 0.325. The van der Waals surface area contributed by atoms with Crippen molar-refractivity contribution >= 4 is 5.97 Å². The Bertz CT molecular complexity index is 398. The minimum absolute atomic E-state index is 0.239. The molecule has 1 aliphatic carbocycles. The lowest BCUT2D eigenvalue weighted by Crippen LogP contribution is -1.98. The van der Waals surface area contributed by atoms with E-state index in [1.165, 1.54) is 56.9 Å². The summed E-state index contributed by atoms with van der Waals surface area (Å²) in [6.07, 6.45) is 19.8. The number of aliphatic hydroxyl groups is 1. The molecule has 0 aromatic heterocycles. The fourth-order valence-electron chi connectivity index (χ4n) is 3.53. The minimum atomic E-state index is -0.715. The molecule has 0 amide bonds. The van der Waals surface area contributed by atoms with E-state index in [9.17, 15) is 4.79 Å². The zero-order valence-corrected chi connectivity index (χ0v) is 15.4. The average Bonchev–Trinajstić information content (AvgIpc) is 3.03. The van der Waals surface area contributed by atoms with Crippen LogP contribution in [-0.4, -0.2) is 22.8 Å². The molecule has 1 aliphatic rings. The molecule has 0 radical (unpaired) electrons. The molecule has 1 rings (SSSR count). The fourth-order valence-corrected chi connectivity index (χ4v) is 3.53. The van der Waals surface area contributed by atoms with E-state index >= 15 is 0 Å². The molecule has 0 bridgehead atoms. The Morgan fingerprint density at radius 1 is 1.29 bits per heavy atom. The van der Waals surface area contributed by atoms with Crippen molar-refractivity contribution < 1.29 is 15.0 Å². The van der Waals surface area contributed by atoms with Gasteiger partial charge in [-0.3, -0.25) is 4.79 Å². The first kappa shape index (κ1) is 21.0. The summed E-state index contributed by atoms with van der Waals surface area (Å²) >= 11 is 0. The van der Waals surface area contributed by atoms with Crippen molar-refractivity contribution in [1.29, 1.82) is 0 Å².